The molecule has 0 N–H and O–H groups in total. The number of carbonyl (C=O) groups is 1. The van der Waals surface area contributed by atoms with E-state index in [1.54, 1.807) is 24.3 Å². The van der Waals surface area contributed by atoms with Gasteiger partial charge in [-0.05, 0) is 31.5 Å². The smallest absolute Gasteiger partial charge is 0.339 e. The predicted octanol–water partition coefficient (Wildman–Crippen LogP) is 4.37. The Labute approximate surface area is 178 Å². The van der Waals surface area contributed by atoms with Gasteiger partial charge in [-0.1, -0.05) is 60.4 Å². The average molecular weight is 408 g/mol. The molecule has 2 aromatic rings. The first kappa shape index (κ1) is 22.0. The zero-order chi connectivity index (χ0) is 21.3. The van der Waals surface area contributed by atoms with Crippen molar-refractivity contribution in [3.63, 3.8) is 0 Å². The minimum Gasteiger partial charge on any atom is -0.443 e. The third kappa shape index (κ3) is 6.70. The molecule has 0 aliphatic carbocycles. The van der Waals surface area contributed by atoms with Crippen LogP contribution in [-0.4, -0.2) is 37.2 Å². The van der Waals surface area contributed by atoms with Crippen molar-refractivity contribution >= 4 is 5.97 Å². The standard InChI is InChI=1S/C25H28O5/c1-24(15-16-25(2)28-18-19-29-25,30-23(26)22-12-7-4-8-13-22)14-9-17-27-20-21-10-5-3-6-11-21/h3-8,10-13H,15-20H2,1-2H3. The van der Waals surface area contributed by atoms with E-state index in [1.807, 2.05) is 50.2 Å². The van der Waals surface area contributed by atoms with Crippen LogP contribution in [0.1, 0.15) is 42.6 Å². The van der Waals surface area contributed by atoms with E-state index in [0.29, 0.717) is 38.2 Å². The van der Waals surface area contributed by atoms with Gasteiger partial charge in [-0.15, -0.1) is 0 Å². The Morgan fingerprint density at radius 3 is 2.37 bits per heavy atom. The minimum absolute atomic E-state index is 0.248. The fourth-order valence-electron chi connectivity index (χ4n) is 3.16. The minimum atomic E-state index is -0.985. The quantitative estimate of drug-likeness (QED) is 0.369. The second kappa shape index (κ2) is 10.4. The summed E-state index contributed by atoms with van der Waals surface area (Å²) >= 11 is 0. The van der Waals surface area contributed by atoms with Crippen molar-refractivity contribution in [3.05, 3.63) is 71.8 Å². The number of ether oxygens (including phenoxy) is 4. The molecule has 5 heteroatoms. The Morgan fingerprint density at radius 1 is 1.07 bits per heavy atom. The first-order valence-electron chi connectivity index (χ1n) is 10.2. The molecule has 0 aromatic heterocycles. The summed E-state index contributed by atoms with van der Waals surface area (Å²) in [5, 5.41) is 0. The molecule has 2 aromatic carbocycles. The van der Waals surface area contributed by atoms with Gasteiger partial charge in [0.25, 0.3) is 0 Å². The Balaban J connectivity index is 1.63. The van der Waals surface area contributed by atoms with Crippen LogP contribution in [0.3, 0.4) is 0 Å². The largest absolute Gasteiger partial charge is 0.443 e. The number of carbonyl (C=O) groups excluding carboxylic acids is 1. The summed E-state index contributed by atoms with van der Waals surface area (Å²) in [5.41, 5.74) is 0.591. The predicted molar refractivity (Wildman–Crippen MR) is 114 cm³/mol. The molecule has 0 saturated carbocycles. The molecule has 0 radical (unpaired) electrons. The van der Waals surface area contributed by atoms with Crippen molar-refractivity contribution < 1.29 is 23.7 Å². The fourth-order valence-corrected chi connectivity index (χ4v) is 3.16. The second-order valence-electron chi connectivity index (χ2n) is 7.60. The molecule has 3 rings (SSSR count). The highest BCUT2D eigenvalue weighted by Crippen LogP contribution is 2.29. The van der Waals surface area contributed by atoms with E-state index < -0.39 is 17.4 Å². The highest BCUT2D eigenvalue weighted by Gasteiger charge is 2.36. The lowest BCUT2D eigenvalue weighted by atomic mass is 9.97. The summed E-state index contributed by atoms with van der Waals surface area (Å²) in [7, 11) is 0. The monoisotopic (exact) mass is 408 g/mol. The molecule has 1 aliphatic heterocycles. The number of esters is 1. The zero-order valence-electron chi connectivity index (χ0n) is 17.6. The van der Waals surface area contributed by atoms with E-state index in [0.717, 1.165) is 5.56 Å². The van der Waals surface area contributed by atoms with Crippen molar-refractivity contribution in [2.24, 2.45) is 0 Å². The van der Waals surface area contributed by atoms with Crippen LogP contribution in [0.5, 0.6) is 0 Å². The van der Waals surface area contributed by atoms with Gasteiger partial charge in [0.05, 0.1) is 25.4 Å². The van der Waals surface area contributed by atoms with E-state index in [-0.39, 0.29) is 6.61 Å². The van der Waals surface area contributed by atoms with Gasteiger partial charge in [0.2, 0.25) is 0 Å². The van der Waals surface area contributed by atoms with Gasteiger partial charge in [-0.3, -0.25) is 0 Å². The second-order valence-corrected chi connectivity index (χ2v) is 7.60. The van der Waals surface area contributed by atoms with Crippen LogP contribution in [0.4, 0.5) is 0 Å². The lowest BCUT2D eigenvalue weighted by Crippen LogP contribution is -2.35. The van der Waals surface area contributed by atoms with Crippen LogP contribution in [0.15, 0.2) is 60.7 Å². The lowest BCUT2D eigenvalue weighted by molar-refractivity contribution is -0.153. The fraction of sp³-hybridized carbons (Fsp3) is 0.400. The maximum atomic E-state index is 12.6. The zero-order valence-corrected chi connectivity index (χ0v) is 17.6. The Morgan fingerprint density at radius 2 is 1.70 bits per heavy atom. The van der Waals surface area contributed by atoms with Gasteiger partial charge < -0.3 is 18.9 Å². The molecule has 1 atom stereocenters. The summed E-state index contributed by atoms with van der Waals surface area (Å²) < 4.78 is 22.8. The number of rotatable bonds is 8. The van der Waals surface area contributed by atoms with E-state index in [1.165, 1.54) is 0 Å². The SMILES string of the molecule is CC(C#CCOCc1ccccc1)(CCC1(C)OCCO1)OC(=O)c1ccccc1. The molecule has 0 spiro atoms. The Hall–Kier alpha value is -2.65. The summed E-state index contributed by atoms with van der Waals surface area (Å²) in [5.74, 6) is 5.02. The molecule has 1 unspecified atom stereocenters. The van der Waals surface area contributed by atoms with Gasteiger partial charge in [0.15, 0.2) is 11.4 Å². The van der Waals surface area contributed by atoms with E-state index in [4.69, 9.17) is 18.9 Å². The summed E-state index contributed by atoms with van der Waals surface area (Å²) in [6.07, 6.45) is 1.04. The van der Waals surface area contributed by atoms with Crippen molar-refractivity contribution in [3.8, 4) is 11.8 Å². The van der Waals surface area contributed by atoms with Crippen LogP contribution < -0.4 is 0 Å². The summed E-state index contributed by atoms with van der Waals surface area (Å²) in [6, 6.07) is 18.8. The lowest BCUT2D eigenvalue weighted by Gasteiger charge is -2.29. The number of benzene rings is 2. The third-order valence-corrected chi connectivity index (χ3v) is 4.92. The summed E-state index contributed by atoms with van der Waals surface area (Å²) in [4.78, 5) is 12.6. The molecule has 30 heavy (non-hydrogen) atoms. The Kier molecular flexibility index (Phi) is 7.64. The van der Waals surface area contributed by atoms with Crippen LogP contribution in [0.25, 0.3) is 0 Å². The van der Waals surface area contributed by atoms with Crippen LogP contribution >= 0.6 is 0 Å². The molecule has 0 bridgehead atoms. The van der Waals surface area contributed by atoms with Crippen molar-refractivity contribution in [1.29, 1.82) is 0 Å². The number of hydrogen-bond donors (Lipinski definition) is 0. The van der Waals surface area contributed by atoms with Crippen LogP contribution in [-0.2, 0) is 25.6 Å². The normalized spacial score (nSPS) is 16.9. The molecule has 1 aliphatic rings. The van der Waals surface area contributed by atoms with Gasteiger partial charge in [0, 0.05) is 12.8 Å². The maximum absolute atomic E-state index is 12.6. The molecular formula is C25H28O5. The number of hydrogen-bond acceptors (Lipinski definition) is 5. The first-order valence-corrected chi connectivity index (χ1v) is 10.2. The van der Waals surface area contributed by atoms with Gasteiger partial charge in [0.1, 0.15) is 6.61 Å². The molecule has 158 valence electrons. The van der Waals surface area contributed by atoms with Crippen molar-refractivity contribution in [2.45, 2.75) is 44.7 Å². The topological polar surface area (TPSA) is 54.0 Å². The van der Waals surface area contributed by atoms with Crippen molar-refractivity contribution in [1.82, 2.24) is 0 Å². The molecule has 0 amide bonds. The first-order chi connectivity index (χ1) is 14.5. The molecule has 5 nitrogen and oxygen atoms in total. The molecule has 1 saturated heterocycles. The third-order valence-electron chi connectivity index (χ3n) is 4.92. The molecular weight excluding hydrogens is 380 g/mol. The van der Waals surface area contributed by atoms with E-state index in [9.17, 15) is 4.79 Å². The van der Waals surface area contributed by atoms with E-state index >= 15 is 0 Å². The molecule has 1 heterocycles. The Bertz CT molecular complexity index is 863. The average Bonchev–Trinajstić information content (AvgIpc) is 3.20. The van der Waals surface area contributed by atoms with Gasteiger partial charge in [-0.2, -0.15) is 0 Å². The van der Waals surface area contributed by atoms with Crippen LogP contribution in [0.2, 0.25) is 0 Å². The highest BCUT2D eigenvalue weighted by molar-refractivity contribution is 5.89. The van der Waals surface area contributed by atoms with Crippen LogP contribution in [0, 0.1) is 11.8 Å². The van der Waals surface area contributed by atoms with Gasteiger partial charge in [-0.25, -0.2) is 4.79 Å². The maximum Gasteiger partial charge on any atom is 0.339 e. The van der Waals surface area contributed by atoms with Crippen molar-refractivity contribution in [2.75, 3.05) is 19.8 Å². The molecule has 1 fully saturated rings. The highest BCUT2D eigenvalue weighted by atomic mass is 16.7. The van der Waals surface area contributed by atoms with Gasteiger partial charge >= 0.3 is 5.97 Å². The van der Waals surface area contributed by atoms with E-state index in [2.05, 4.69) is 11.8 Å². The summed E-state index contributed by atoms with van der Waals surface area (Å²) in [6.45, 7) is 5.58.